The van der Waals surface area contributed by atoms with Crippen LogP contribution in [0.25, 0.3) is 0 Å². The van der Waals surface area contributed by atoms with Gasteiger partial charge in [-0.2, -0.15) is 0 Å². The summed E-state index contributed by atoms with van der Waals surface area (Å²) in [4.78, 5) is 14.6. The lowest BCUT2D eigenvalue weighted by Gasteiger charge is -2.35. The van der Waals surface area contributed by atoms with Gasteiger partial charge in [0, 0.05) is 25.0 Å². The van der Waals surface area contributed by atoms with E-state index in [2.05, 4.69) is 29.4 Å². The molecule has 4 nitrogen and oxygen atoms in total. The van der Waals surface area contributed by atoms with Crippen molar-refractivity contribution < 1.29 is 4.79 Å². The first-order valence-corrected chi connectivity index (χ1v) is 7.89. The van der Waals surface area contributed by atoms with Gasteiger partial charge in [-0.3, -0.25) is 9.69 Å². The minimum atomic E-state index is 0.230. The van der Waals surface area contributed by atoms with Crippen LogP contribution in [-0.2, 0) is 4.79 Å². The van der Waals surface area contributed by atoms with Crippen molar-refractivity contribution in [1.82, 2.24) is 15.5 Å². The first-order valence-electron chi connectivity index (χ1n) is 7.89. The second-order valence-electron chi connectivity index (χ2n) is 6.36. The van der Waals surface area contributed by atoms with Crippen LogP contribution < -0.4 is 10.6 Å². The van der Waals surface area contributed by atoms with Crippen LogP contribution in [0.4, 0.5) is 0 Å². The van der Waals surface area contributed by atoms with Gasteiger partial charge < -0.3 is 10.6 Å². The number of piperidine rings is 2. The number of amides is 1. The quantitative estimate of drug-likeness (QED) is 0.805. The summed E-state index contributed by atoms with van der Waals surface area (Å²) in [6, 6.07) is 0.466. The van der Waals surface area contributed by atoms with E-state index < -0.39 is 0 Å². The highest BCUT2D eigenvalue weighted by atomic mass is 16.1. The summed E-state index contributed by atoms with van der Waals surface area (Å²) in [5.74, 6) is 1.29. The van der Waals surface area contributed by atoms with Gasteiger partial charge >= 0.3 is 0 Å². The Morgan fingerprint density at radius 3 is 2.79 bits per heavy atom. The fourth-order valence-corrected chi connectivity index (χ4v) is 3.23. The molecule has 2 atom stereocenters. The summed E-state index contributed by atoms with van der Waals surface area (Å²) in [5.41, 5.74) is 0. The highest BCUT2D eigenvalue weighted by molar-refractivity contribution is 5.78. The smallest absolute Gasteiger partial charge is 0.223 e. The molecule has 0 radical (unpaired) electrons. The van der Waals surface area contributed by atoms with Gasteiger partial charge in [0.05, 0.1) is 0 Å². The summed E-state index contributed by atoms with van der Waals surface area (Å²) in [5, 5.41) is 6.46. The molecule has 2 N–H and O–H groups in total. The monoisotopic (exact) mass is 267 g/mol. The Kier molecular flexibility index (Phi) is 5.64. The first-order chi connectivity index (χ1) is 9.16. The van der Waals surface area contributed by atoms with Crippen molar-refractivity contribution in [3.8, 4) is 0 Å². The second-order valence-corrected chi connectivity index (χ2v) is 6.36. The fraction of sp³-hybridized carbons (Fsp3) is 0.933. The number of nitrogens with one attached hydrogen (secondary N) is 2. The third-order valence-electron chi connectivity index (χ3n) is 4.59. The zero-order valence-corrected chi connectivity index (χ0v) is 12.5. The van der Waals surface area contributed by atoms with E-state index >= 15 is 0 Å². The van der Waals surface area contributed by atoms with Crippen LogP contribution in [0.15, 0.2) is 0 Å². The van der Waals surface area contributed by atoms with E-state index in [1.165, 1.54) is 25.9 Å². The number of likely N-dealkylation sites (tertiary alicyclic amines) is 1. The normalized spacial score (nSPS) is 28.0. The standard InChI is InChI=1S/C15H29N3O/c1-12-4-3-9-18(11-12)13(2)10-17-15(19)14-5-7-16-8-6-14/h12-14,16H,3-11H2,1-2H3,(H,17,19). The van der Waals surface area contributed by atoms with Crippen LogP contribution in [0.2, 0.25) is 0 Å². The Labute approximate surface area is 117 Å². The van der Waals surface area contributed by atoms with Crippen molar-refractivity contribution in [3.05, 3.63) is 0 Å². The van der Waals surface area contributed by atoms with E-state index in [0.29, 0.717) is 6.04 Å². The van der Waals surface area contributed by atoms with E-state index in [-0.39, 0.29) is 11.8 Å². The van der Waals surface area contributed by atoms with Gasteiger partial charge in [-0.1, -0.05) is 6.92 Å². The van der Waals surface area contributed by atoms with Crippen LogP contribution in [0.1, 0.15) is 39.5 Å². The minimum Gasteiger partial charge on any atom is -0.354 e. The van der Waals surface area contributed by atoms with Crippen molar-refractivity contribution >= 4 is 5.91 Å². The molecule has 2 fully saturated rings. The molecule has 2 rings (SSSR count). The Hall–Kier alpha value is -0.610. The third kappa shape index (κ3) is 4.46. The van der Waals surface area contributed by atoms with Crippen molar-refractivity contribution in [1.29, 1.82) is 0 Å². The molecule has 0 spiro atoms. The molecule has 0 aliphatic carbocycles. The molecule has 2 aliphatic heterocycles. The summed E-state index contributed by atoms with van der Waals surface area (Å²) in [6.45, 7) is 9.70. The van der Waals surface area contributed by atoms with Gasteiger partial charge in [-0.15, -0.1) is 0 Å². The maximum Gasteiger partial charge on any atom is 0.223 e. The predicted octanol–water partition coefficient (Wildman–Crippen LogP) is 1.22. The van der Waals surface area contributed by atoms with Crippen molar-refractivity contribution in [3.63, 3.8) is 0 Å². The molecular formula is C15H29N3O. The van der Waals surface area contributed by atoms with Gasteiger partial charge in [-0.05, 0) is 58.2 Å². The molecule has 2 saturated heterocycles. The van der Waals surface area contributed by atoms with Crippen LogP contribution in [-0.4, -0.2) is 49.6 Å². The molecule has 2 aliphatic rings. The number of hydrogen-bond donors (Lipinski definition) is 2. The largest absolute Gasteiger partial charge is 0.354 e. The number of hydrogen-bond acceptors (Lipinski definition) is 3. The lowest BCUT2D eigenvalue weighted by molar-refractivity contribution is -0.126. The molecule has 1 amide bonds. The number of carbonyl (C=O) groups excluding carboxylic acids is 1. The zero-order chi connectivity index (χ0) is 13.7. The Balaban J connectivity index is 1.70. The minimum absolute atomic E-state index is 0.230. The summed E-state index contributed by atoms with van der Waals surface area (Å²) in [6.07, 6.45) is 4.63. The highest BCUT2D eigenvalue weighted by Crippen LogP contribution is 2.17. The third-order valence-corrected chi connectivity index (χ3v) is 4.59. The molecular weight excluding hydrogens is 238 g/mol. The van der Waals surface area contributed by atoms with Crippen molar-refractivity contribution in [2.45, 2.75) is 45.6 Å². The fourth-order valence-electron chi connectivity index (χ4n) is 3.23. The van der Waals surface area contributed by atoms with Gasteiger partial charge in [0.25, 0.3) is 0 Å². The topological polar surface area (TPSA) is 44.4 Å². The van der Waals surface area contributed by atoms with E-state index in [0.717, 1.165) is 38.4 Å². The van der Waals surface area contributed by atoms with E-state index in [4.69, 9.17) is 0 Å². The number of rotatable bonds is 4. The second kappa shape index (κ2) is 7.25. The van der Waals surface area contributed by atoms with Gasteiger partial charge in [-0.25, -0.2) is 0 Å². The van der Waals surface area contributed by atoms with E-state index in [1.54, 1.807) is 0 Å². The molecule has 0 bridgehead atoms. The van der Waals surface area contributed by atoms with Crippen LogP contribution in [0.5, 0.6) is 0 Å². The Morgan fingerprint density at radius 1 is 1.37 bits per heavy atom. The number of nitrogens with zero attached hydrogens (tertiary/aromatic N) is 1. The molecule has 4 heteroatoms. The molecule has 0 aromatic carbocycles. The summed E-state index contributed by atoms with van der Waals surface area (Å²) < 4.78 is 0. The van der Waals surface area contributed by atoms with Gasteiger partial charge in [0.1, 0.15) is 0 Å². The van der Waals surface area contributed by atoms with E-state index in [9.17, 15) is 4.79 Å². The van der Waals surface area contributed by atoms with E-state index in [1.807, 2.05) is 0 Å². The predicted molar refractivity (Wildman–Crippen MR) is 78.0 cm³/mol. The van der Waals surface area contributed by atoms with Crippen LogP contribution >= 0.6 is 0 Å². The summed E-state index contributed by atoms with van der Waals surface area (Å²) in [7, 11) is 0. The lowest BCUT2D eigenvalue weighted by atomic mass is 9.97. The highest BCUT2D eigenvalue weighted by Gasteiger charge is 2.24. The molecule has 2 unspecified atom stereocenters. The molecule has 0 aromatic heterocycles. The van der Waals surface area contributed by atoms with Crippen molar-refractivity contribution in [2.75, 3.05) is 32.7 Å². The zero-order valence-electron chi connectivity index (χ0n) is 12.5. The average Bonchev–Trinajstić information content (AvgIpc) is 2.45. The molecule has 0 aromatic rings. The number of carbonyl (C=O) groups is 1. The van der Waals surface area contributed by atoms with Crippen molar-refractivity contribution in [2.24, 2.45) is 11.8 Å². The Morgan fingerprint density at radius 2 is 2.11 bits per heavy atom. The van der Waals surface area contributed by atoms with Crippen LogP contribution in [0.3, 0.4) is 0 Å². The summed E-state index contributed by atoms with van der Waals surface area (Å²) >= 11 is 0. The lowest BCUT2D eigenvalue weighted by Crippen LogP contribution is -2.48. The molecule has 19 heavy (non-hydrogen) atoms. The molecule has 0 saturated carbocycles. The molecule has 110 valence electrons. The van der Waals surface area contributed by atoms with Gasteiger partial charge in [0.2, 0.25) is 5.91 Å². The van der Waals surface area contributed by atoms with Crippen LogP contribution in [0, 0.1) is 11.8 Å². The average molecular weight is 267 g/mol. The van der Waals surface area contributed by atoms with Gasteiger partial charge in [0.15, 0.2) is 0 Å². The maximum atomic E-state index is 12.1. The Bertz CT molecular complexity index is 289. The first kappa shape index (κ1) is 14.8. The SMILES string of the molecule is CC1CCCN(C(C)CNC(=O)C2CCNCC2)C1. The molecule has 2 heterocycles. The maximum absolute atomic E-state index is 12.1.